The molecule has 180 valence electrons. The van der Waals surface area contributed by atoms with Crippen LogP contribution in [0.4, 0.5) is 16.2 Å². The zero-order valence-electron chi connectivity index (χ0n) is 19.2. The van der Waals surface area contributed by atoms with E-state index < -0.39 is 22.8 Å². The minimum absolute atomic E-state index is 0.0245. The Balaban J connectivity index is 1.57. The van der Waals surface area contributed by atoms with Gasteiger partial charge in [0.05, 0.1) is 4.92 Å². The number of amides is 4. The van der Waals surface area contributed by atoms with Crippen molar-refractivity contribution >= 4 is 35.3 Å². The number of non-ortho nitro benzene ring substituents is 1. The van der Waals surface area contributed by atoms with Crippen molar-refractivity contribution in [3.63, 3.8) is 0 Å². The fourth-order valence-electron chi connectivity index (χ4n) is 5.28. The summed E-state index contributed by atoms with van der Waals surface area (Å²) in [4.78, 5) is 64.6. The Bertz CT molecular complexity index is 1350. The first-order chi connectivity index (χ1) is 16.7. The van der Waals surface area contributed by atoms with Crippen molar-refractivity contribution in [2.24, 2.45) is 5.92 Å². The van der Waals surface area contributed by atoms with Crippen LogP contribution in [0.5, 0.6) is 0 Å². The molecule has 35 heavy (non-hydrogen) atoms. The second-order valence-electron chi connectivity index (χ2n) is 9.17. The van der Waals surface area contributed by atoms with Crippen LogP contribution in [-0.2, 0) is 16.1 Å². The Morgan fingerprint density at radius 3 is 2.37 bits per heavy atom. The molecule has 0 N–H and O–H groups in total. The molecule has 5 rings (SSSR count). The first-order valence-electron chi connectivity index (χ1n) is 11.2. The third-order valence-electron chi connectivity index (χ3n) is 6.99. The molecule has 2 saturated heterocycles. The standard InChI is InChI=1S/C24H23N5O6/c1-25-22(31)18(23(32)26(2)24(25)33)10-15-9-17(29(34)35)6-7-19(15)27-11-14-8-16(13-27)20-4-3-5-21(30)28(20)12-14/h3-7,9-10,14,16H,8,11-13H2,1-2H3/t14-,16+/m0/s1. The van der Waals surface area contributed by atoms with E-state index >= 15 is 0 Å². The van der Waals surface area contributed by atoms with E-state index in [1.54, 1.807) is 18.2 Å². The fourth-order valence-corrected chi connectivity index (χ4v) is 5.28. The Labute approximate surface area is 200 Å². The first kappa shape index (κ1) is 22.5. The predicted octanol–water partition coefficient (Wildman–Crippen LogP) is 1.81. The van der Waals surface area contributed by atoms with E-state index in [1.165, 1.54) is 32.3 Å². The number of barbiturate groups is 1. The quantitative estimate of drug-likeness (QED) is 0.286. The summed E-state index contributed by atoms with van der Waals surface area (Å²) < 4.78 is 1.82. The molecule has 0 aliphatic carbocycles. The summed E-state index contributed by atoms with van der Waals surface area (Å²) in [6, 6.07) is 8.87. The van der Waals surface area contributed by atoms with Gasteiger partial charge in [-0.05, 0) is 30.5 Å². The van der Waals surface area contributed by atoms with E-state index in [1.807, 2.05) is 10.6 Å². The molecule has 4 amide bonds. The number of fused-ring (bicyclic) bond motifs is 4. The van der Waals surface area contributed by atoms with Gasteiger partial charge in [-0.25, -0.2) is 4.79 Å². The second-order valence-corrected chi connectivity index (χ2v) is 9.17. The SMILES string of the molecule is CN1C(=O)C(=Cc2cc([N+](=O)[O-])ccc2N2C[C@@H]3C[C@H](C2)c2cccc(=O)n2C3)C(=O)N(C)C1=O. The normalized spacial score (nSPS) is 21.8. The van der Waals surface area contributed by atoms with Crippen molar-refractivity contribution in [1.29, 1.82) is 0 Å². The minimum Gasteiger partial charge on any atom is -0.370 e. The van der Waals surface area contributed by atoms with E-state index in [4.69, 9.17) is 0 Å². The summed E-state index contributed by atoms with van der Waals surface area (Å²) in [5, 5.41) is 11.5. The number of nitrogens with zero attached hydrogens (tertiary/aromatic N) is 5. The van der Waals surface area contributed by atoms with Crippen molar-refractivity contribution < 1.29 is 19.3 Å². The number of anilines is 1. The van der Waals surface area contributed by atoms with Gasteiger partial charge in [-0.1, -0.05) is 6.07 Å². The van der Waals surface area contributed by atoms with Crippen LogP contribution in [0.1, 0.15) is 23.6 Å². The molecule has 11 nitrogen and oxygen atoms in total. The number of rotatable bonds is 3. The molecule has 0 spiro atoms. The summed E-state index contributed by atoms with van der Waals surface area (Å²) in [6.07, 6.45) is 2.26. The number of hydrogen-bond donors (Lipinski definition) is 0. The number of piperidine rings is 1. The first-order valence-corrected chi connectivity index (χ1v) is 11.2. The number of benzene rings is 1. The lowest BCUT2D eigenvalue weighted by atomic mass is 9.82. The van der Waals surface area contributed by atoms with Crippen molar-refractivity contribution in [1.82, 2.24) is 14.4 Å². The van der Waals surface area contributed by atoms with Gasteiger partial charge in [-0.15, -0.1) is 0 Å². The van der Waals surface area contributed by atoms with E-state index in [2.05, 4.69) is 4.90 Å². The van der Waals surface area contributed by atoms with E-state index in [0.717, 1.165) is 21.9 Å². The smallest absolute Gasteiger partial charge is 0.333 e. The Kier molecular flexibility index (Phi) is 5.27. The topological polar surface area (TPSA) is 126 Å². The number of nitro benzene ring substituents is 1. The van der Waals surface area contributed by atoms with Crippen LogP contribution in [0.15, 0.2) is 46.8 Å². The molecule has 3 aliphatic heterocycles. The van der Waals surface area contributed by atoms with Gasteiger partial charge in [0.2, 0.25) is 0 Å². The molecule has 3 aliphatic rings. The molecule has 4 heterocycles. The lowest BCUT2D eigenvalue weighted by molar-refractivity contribution is -0.384. The van der Waals surface area contributed by atoms with Crippen molar-refractivity contribution in [2.75, 3.05) is 32.1 Å². The third kappa shape index (κ3) is 3.69. The molecule has 0 saturated carbocycles. The monoisotopic (exact) mass is 477 g/mol. The van der Waals surface area contributed by atoms with Gasteiger partial charge in [-0.2, -0.15) is 0 Å². The van der Waals surface area contributed by atoms with Crippen LogP contribution >= 0.6 is 0 Å². The molecule has 2 bridgehead atoms. The van der Waals surface area contributed by atoms with Crippen LogP contribution in [-0.4, -0.2) is 64.3 Å². The number of carbonyl (C=O) groups excluding carboxylic acids is 3. The van der Waals surface area contributed by atoms with E-state index in [9.17, 15) is 29.3 Å². The lowest BCUT2D eigenvalue weighted by Gasteiger charge is -2.44. The van der Waals surface area contributed by atoms with Crippen LogP contribution in [0.25, 0.3) is 6.08 Å². The molecular weight excluding hydrogens is 454 g/mol. The molecule has 2 atom stereocenters. The Morgan fingerprint density at radius 1 is 0.971 bits per heavy atom. The molecule has 2 aromatic rings. The fraction of sp³-hybridized carbons (Fsp3) is 0.333. The number of imide groups is 2. The summed E-state index contributed by atoms with van der Waals surface area (Å²) in [5.41, 5.74) is 1.50. The molecule has 2 fully saturated rings. The average molecular weight is 477 g/mol. The highest BCUT2D eigenvalue weighted by Gasteiger charge is 2.39. The summed E-state index contributed by atoms with van der Waals surface area (Å²) in [5.74, 6) is -1.23. The number of hydrogen-bond acceptors (Lipinski definition) is 7. The Hall–Kier alpha value is -4.28. The van der Waals surface area contributed by atoms with Crippen molar-refractivity contribution in [3.8, 4) is 0 Å². The van der Waals surface area contributed by atoms with Crippen molar-refractivity contribution in [3.05, 3.63) is 73.7 Å². The minimum atomic E-state index is -0.764. The van der Waals surface area contributed by atoms with Gasteiger partial charge in [0.25, 0.3) is 23.1 Å². The maximum absolute atomic E-state index is 12.7. The number of urea groups is 1. The van der Waals surface area contributed by atoms with E-state index in [-0.39, 0.29) is 28.7 Å². The maximum Gasteiger partial charge on any atom is 0.333 e. The number of likely N-dealkylation sites (N-methyl/N-ethyl adjacent to an activating group) is 2. The van der Waals surface area contributed by atoms with E-state index in [0.29, 0.717) is 30.9 Å². The highest BCUT2D eigenvalue weighted by Crippen LogP contribution is 2.39. The van der Waals surface area contributed by atoms with Gasteiger partial charge < -0.3 is 9.47 Å². The summed E-state index contributed by atoms with van der Waals surface area (Å²) in [6.45, 7) is 1.78. The zero-order valence-corrected chi connectivity index (χ0v) is 19.2. The molecule has 1 aromatic heterocycles. The maximum atomic E-state index is 12.7. The third-order valence-corrected chi connectivity index (χ3v) is 6.99. The van der Waals surface area contributed by atoms with Crippen LogP contribution in [0, 0.1) is 16.0 Å². The zero-order chi connectivity index (χ0) is 25.0. The number of pyridine rings is 1. The molecule has 1 aromatic carbocycles. The average Bonchev–Trinajstić information content (AvgIpc) is 2.84. The predicted molar refractivity (Wildman–Crippen MR) is 126 cm³/mol. The number of nitro groups is 1. The molecule has 0 unspecified atom stereocenters. The largest absolute Gasteiger partial charge is 0.370 e. The second kappa shape index (κ2) is 8.19. The highest BCUT2D eigenvalue weighted by molar-refractivity contribution is 6.30. The summed E-state index contributed by atoms with van der Waals surface area (Å²) >= 11 is 0. The number of carbonyl (C=O) groups is 3. The highest BCUT2D eigenvalue weighted by atomic mass is 16.6. The van der Waals surface area contributed by atoms with Gasteiger partial charge in [-0.3, -0.25) is 34.3 Å². The lowest BCUT2D eigenvalue weighted by Crippen LogP contribution is -2.53. The molecule has 0 radical (unpaired) electrons. The van der Waals surface area contributed by atoms with Crippen molar-refractivity contribution in [2.45, 2.75) is 18.9 Å². The van der Waals surface area contributed by atoms with Crippen LogP contribution in [0.2, 0.25) is 0 Å². The van der Waals surface area contributed by atoms with Crippen LogP contribution < -0.4 is 10.5 Å². The van der Waals surface area contributed by atoms with Crippen LogP contribution in [0.3, 0.4) is 0 Å². The molecular formula is C24H23N5O6. The van der Waals surface area contributed by atoms with Gasteiger partial charge in [0, 0.05) is 74.8 Å². The van der Waals surface area contributed by atoms with Gasteiger partial charge >= 0.3 is 6.03 Å². The van der Waals surface area contributed by atoms with Gasteiger partial charge in [0.1, 0.15) is 5.57 Å². The Morgan fingerprint density at radius 2 is 1.69 bits per heavy atom. The van der Waals surface area contributed by atoms with Gasteiger partial charge in [0.15, 0.2) is 0 Å². The molecule has 11 heteroatoms. The summed E-state index contributed by atoms with van der Waals surface area (Å²) in [7, 11) is 2.56. The number of aromatic nitrogens is 1.